The predicted octanol–water partition coefficient (Wildman–Crippen LogP) is 7.77. The number of hydrogen-bond acceptors (Lipinski definition) is 4. The number of carbonyl (C=O) groups is 1. The van der Waals surface area contributed by atoms with Gasteiger partial charge in [-0.25, -0.2) is 4.79 Å². The number of aryl methyl sites for hydroxylation is 3. The number of aromatic nitrogens is 2. The van der Waals surface area contributed by atoms with Gasteiger partial charge >= 0.3 is 5.97 Å². The van der Waals surface area contributed by atoms with Gasteiger partial charge in [0.05, 0.1) is 23.3 Å². The highest BCUT2D eigenvalue weighted by molar-refractivity contribution is 7.80. The van der Waals surface area contributed by atoms with Gasteiger partial charge in [0.2, 0.25) is 0 Å². The molecular formula is C35H32N4O3S. The summed E-state index contributed by atoms with van der Waals surface area (Å²) in [6.07, 6.45) is 1.79. The number of nitrogens with zero attached hydrogens (tertiary/aromatic N) is 3. The summed E-state index contributed by atoms with van der Waals surface area (Å²) in [5.74, 6) is 0.556. The molecule has 1 aliphatic heterocycles. The molecular weight excluding hydrogens is 556 g/mol. The van der Waals surface area contributed by atoms with Gasteiger partial charge in [0.1, 0.15) is 11.5 Å². The highest BCUT2D eigenvalue weighted by Gasteiger charge is 2.42. The molecule has 3 aromatic carbocycles. The van der Waals surface area contributed by atoms with Crippen LogP contribution in [0.5, 0.6) is 11.5 Å². The van der Waals surface area contributed by atoms with E-state index in [0.29, 0.717) is 5.11 Å². The molecule has 2 aromatic heterocycles. The number of rotatable bonds is 7. The summed E-state index contributed by atoms with van der Waals surface area (Å²) >= 11 is 5.95. The molecule has 0 aliphatic carbocycles. The normalized spacial score (nSPS) is 16.3. The van der Waals surface area contributed by atoms with Crippen molar-refractivity contribution in [1.82, 2.24) is 14.9 Å². The van der Waals surface area contributed by atoms with E-state index in [1.165, 1.54) is 5.56 Å². The van der Waals surface area contributed by atoms with Crippen molar-refractivity contribution in [2.24, 2.45) is 0 Å². The summed E-state index contributed by atoms with van der Waals surface area (Å²) < 4.78 is 8.21. The molecule has 0 spiro atoms. The largest absolute Gasteiger partial charge is 0.478 e. The zero-order valence-corrected chi connectivity index (χ0v) is 25.2. The van der Waals surface area contributed by atoms with Crippen LogP contribution in [0.25, 0.3) is 5.69 Å². The van der Waals surface area contributed by atoms with Crippen LogP contribution in [0.15, 0.2) is 97.2 Å². The minimum absolute atomic E-state index is 0.211. The maximum absolute atomic E-state index is 11.8. The average molecular weight is 589 g/mol. The van der Waals surface area contributed by atoms with Crippen molar-refractivity contribution >= 4 is 29.0 Å². The third-order valence-corrected chi connectivity index (χ3v) is 8.27. The van der Waals surface area contributed by atoms with Crippen LogP contribution in [-0.2, 0) is 0 Å². The standard InChI is InChI=1S/C35H32N4O3S/c1-21-8-14-27(15-9-21)42-28-16-12-26(13-17-28)39-33(32(37-35(39)43)30-7-5-6-18-36-30)29-19-23(3)38(24(29)4)31-20-25(34(40)41)11-10-22(31)2/h5-20,32-33H,1-4H3,(H,37,43)(H,40,41). The minimum atomic E-state index is -0.953. The fourth-order valence-electron chi connectivity index (χ4n) is 5.81. The van der Waals surface area contributed by atoms with Crippen molar-refractivity contribution in [3.8, 4) is 17.2 Å². The number of pyridine rings is 1. The molecule has 5 aromatic rings. The Labute approximate surface area is 256 Å². The van der Waals surface area contributed by atoms with Gasteiger partial charge in [-0.05, 0) is 118 Å². The van der Waals surface area contributed by atoms with Gasteiger partial charge < -0.3 is 24.6 Å². The number of ether oxygens (including phenoxy) is 1. The number of anilines is 1. The zero-order chi connectivity index (χ0) is 30.2. The topological polar surface area (TPSA) is 79.6 Å². The maximum atomic E-state index is 11.8. The van der Waals surface area contributed by atoms with Crippen LogP contribution in [-0.4, -0.2) is 25.7 Å². The second-order valence-electron chi connectivity index (χ2n) is 10.9. The highest BCUT2D eigenvalue weighted by Crippen LogP contribution is 2.44. The van der Waals surface area contributed by atoms with Gasteiger partial charge in [-0.2, -0.15) is 0 Å². The quantitative estimate of drug-likeness (QED) is 0.188. The van der Waals surface area contributed by atoms with Crippen LogP contribution < -0.4 is 15.0 Å². The van der Waals surface area contributed by atoms with Crippen LogP contribution in [0.1, 0.15) is 56.2 Å². The molecule has 3 heterocycles. The van der Waals surface area contributed by atoms with Crippen LogP contribution in [0.2, 0.25) is 0 Å². The summed E-state index contributed by atoms with van der Waals surface area (Å²) in [4.78, 5) is 18.6. The molecule has 2 atom stereocenters. The molecule has 1 fully saturated rings. The predicted molar refractivity (Wildman–Crippen MR) is 173 cm³/mol. The fourth-order valence-corrected chi connectivity index (χ4v) is 6.15. The summed E-state index contributed by atoms with van der Waals surface area (Å²) in [5, 5.41) is 13.8. The first-order valence-corrected chi connectivity index (χ1v) is 14.5. The SMILES string of the molecule is Cc1ccc(Oc2ccc(N3C(=S)NC(c4ccccn4)C3c3cc(C)n(-c4cc(C(=O)O)ccc4C)c3C)cc2)cc1. The van der Waals surface area contributed by atoms with Gasteiger partial charge in [-0.15, -0.1) is 0 Å². The molecule has 0 bridgehead atoms. The Morgan fingerprint density at radius 1 is 0.907 bits per heavy atom. The van der Waals surface area contributed by atoms with Gasteiger partial charge in [0.15, 0.2) is 5.11 Å². The first-order chi connectivity index (χ1) is 20.7. The fraction of sp³-hybridized carbons (Fsp3) is 0.171. The van der Waals surface area contributed by atoms with Gasteiger partial charge in [0.25, 0.3) is 0 Å². The number of carboxylic acids is 1. The molecule has 43 heavy (non-hydrogen) atoms. The smallest absolute Gasteiger partial charge is 0.335 e. The van der Waals surface area contributed by atoms with Gasteiger partial charge in [-0.1, -0.05) is 29.8 Å². The number of hydrogen-bond donors (Lipinski definition) is 2. The summed E-state index contributed by atoms with van der Waals surface area (Å²) in [6, 6.07) is 28.8. The molecule has 2 unspecified atom stereocenters. The van der Waals surface area contributed by atoms with Crippen molar-refractivity contribution in [2.45, 2.75) is 39.8 Å². The maximum Gasteiger partial charge on any atom is 0.335 e. The van der Waals surface area contributed by atoms with E-state index in [4.69, 9.17) is 17.0 Å². The van der Waals surface area contributed by atoms with E-state index >= 15 is 0 Å². The minimum Gasteiger partial charge on any atom is -0.478 e. The van der Waals surface area contributed by atoms with E-state index in [1.54, 1.807) is 18.3 Å². The third-order valence-electron chi connectivity index (χ3n) is 7.96. The molecule has 1 aliphatic rings. The lowest BCUT2D eigenvalue weighted by molar-refractivity contribution is 0.0697. The average Bonchev–Trinajstić information content (AvgIpc) is 3.50. The number of benzene rings is 3. The molecule has 0 saturated carbocycles. The zero-order valence-electron chi connectivity index (χ0n) is 24.4. The van der Waals surface area contributed by atoms with Crippen molar-refractivity contribution in [3.63, 3.8) is 0 Å². The lowest BCUT2D eigenvalue weighted by Crippen LogP contribution is -2.29. The molecule has 0 amide bonds. The molecule has 2 N–H and O–H groups in total. The monoisotopic (exact) mass is 588 g/mol. The molecule has 6 rings (SSSR count). The second-order valence-corrected chi connectivity index (χ2v) is 11.3. The molecule has 8 heteroatoms. The van der Waals surface area contributed by atoms with Gasteiger partial charge in [-0.3, -0.25) is 4.98 Å². The van der Waals surface area contributed by atoms with Crippen molar-refractivity contribution in [2.75, 3.05) is 4.90 Å². The number of aromatic carboxylic acids is 1. The Kier molecular flexibility index (Phi) is 7.46. The molecule has 7 nitrogen and oxygen atoms in total. The molecule has 1 saturated heterocycles. The van der Waals surface area contributed by atoms with Crippen LogP contribution in [0, 0.1) is 27.7 Å². The lowest BCUT2D eigenvalue weighted by Gasteiger charge is -2.28. The number of carboxylic acid groups (broad SMARTS) is 1. The van der Waals surface area contributed by atoms with E-state index in [1.807, 2.05) is 93.6 Å². The van der Waals surface area contributed by atoms with Crippen molar-refractivity contribution < 1.29 is 14.6 Å². The van der Waals surface area contributed by atoms with E-state index in [-0.39, 0.29) is 17.6 Å². The Morgan fingerprint density at radius 2 is 1.60 bits per heavy atom. The Balaban J connectivity index is 1.43. The molecule has 0 radical (unpaired) electrons. The molecule has 216 valence electrons. The van der Waals surface area contributed by atoms with E-state index < -0.39 is 5.97 Å². The second kappa shape index (κ2) is 11.4. The van der Waals surface area contributed by atoms with Gasteiger partial charge in [0, 0.05) is 29.0 Å². The summed E-state index contributed by atoms with van der Waals surface area (Å²) in [6.45, 7) is 8.16. The summed E-state index contributed by atoms with van der Waals surface area (Å²) in [7, 11) is 0. The first kappa shape index (κ1) is 28.2. The van der Waals surface area contributed by atoms with Crippen LogP contribution in [0.3, 0.4) is 0 Å². The van der Waals surface area contributed by atoms with Crippen molar-refractivity contribution in [1.29, 1.82) is 0 Å². The lowest BCUT2D eigenvalue weighted by atomic mass is 9.96. The van der Waals surface area contributed by atoms with E-state index in [0.717, 1.165) is 51.1 Å². The Hall–Kier alpha value is -4.95. The first-order valence-electron chi connectivity index (χ1n) is 14.1. The number of nitrogens with one attached hydrogen (secondary N) is 1. The van der Waals surface area contributed by atoms with E-state index in [2.05, 4.69) is 32.8 Å². The van der Waals surface area contributed by atoms with Crippen molar-refractivity contribution in [3.05, 3.63) is 137 Å². The van der Waals surface area contributed by atoms with E-state index in [9.17, 15) is 9.90 Å². The highest BCUT2D eigenvalue weighted by atomic mass is 32.1. The summed E-state index contributed by atoms with van der Waals surface area (Å²) in [5.41, 5.74) is 8.13. The third kappa shape index (κ3) is 5.37. The Bertz CT molecular complexity index is 1820. The Morgan fingerprint density at radius 3 is 2.26 bits per heavy atom. The number of thiocarbonyl (C=S) groups is 1. The van der Waals surface area contributed by atoms with Crippen LogP contribution >= 0.6 is 12.2 Å². The van der Waals surface area contributed by atoms with Crippen LogP contribution in [0.4, 0.5) is 5.69 Å².